The molecule has 1 spiro atoms. The van der Waals surface area contributed by atoms with Gasteiger partial charge in [-0.25, -0.2) is 4.98 Å². The number of hydrogen-bond donors (Lipinski definition) is 0. The molecule has 0 atom stereocenters. The highest BCUT2D eigenvalue weighted by molar-refractivity contribution is 5.85. The first-order valence-electron chi connectivity index (χ1n) is 9.84. The Labute approximate surface area is 167 Å². The Bertz CT molecular complexity index is 1400. The van der Waals surface area contributed by atoms with Crippen LogP contribution < -0.4 is 4.74 Å². The highest BCUT2D eigenvalue weighted by Crippen LogP contribution is 2.59. The summed E-state index contributed by atoms with van der Waals surface area (Å²) in [6, 6.07) is 33.7. The number of rotatable bonds is 0. The smallest absolute Gasteiger partial charge is 0.134 e. The molecule has 0 radical (unpaired) electrons. The van der Waals surface area contributed by atoms with Crippen LogP contribution in [0, 0.1) is 0 Å². The van der Waals surface area contributed by atoms with E-state index in [0.717, 1.165) is 39.5 Å². The van der Waals surface area contributed by atoms with Gasteiger partial charge < -0.3 is 4.74 Å². The number of ether oxygens (including phenoxy) is 1. The van der Waals surface area contributed by atoms with E-state index in [0.29, 0.717) is 0 Å². The molecule has 0 aliphatic carbocycles. The van der Waals surface area contributed by atoms with Crippen molar-refractivity contribution in [3.63, 3.8) is 0 Å². The molecule has 2 aliphatic rings. The summed E-state index contributed by atoms with van der Waals surface area (Å²) in [5.41, 5.74) is 6.35. The summed E-state index contributed by atoms with van der Waals surface area (Å²) in [6.45, 7) is 0. The lowest BCUT2D eigenvalue weighted by atomic mass is 9.68. The third-order valence-electron chi connectivity index (χ3n) is 6.25. The van der Waals surface area contributed by atoms with Crippen LogP contribution in [-0.4, -0.2) is 9.55 Å². The number of imidazole rings is 1. The van der Waals surface area contributed by atoms with Crippen LogP contribution in [0.25, 0.3) is 16.7 Å². The molecular weight excluding hydrogens is 356 g/mol. The molecule has 29 heavy (non-hydrogen) atoms. The quantitative estimate of drug-likeness (QED) is 0.335. The average Bonchev–Trinajstić information content (AvgIpc) is 3.29. The molecule has 4 aromatic carbocycles. The zero-order chi connectivity index (χ0) is 19.0. The van der Waals surface area contributed by atoms with Crippen molar-refractivity contribution >= 4 is 11.0 Å². The van der Waals surface area contributed by atoms with Crippen molar-refractivity contribution in [2.75, 3.05) is 0 Å². The minimum Gasteiger partial charge on any atom is -0.457 e. The van der Waals surface area contributed by atoms with Crippen LogP contribution in [0.2, 0.25) is 0 Å². The Hall–Kier alpha value is -3.85. The minimum absolute atomic E-state index is 0.499. The van der Waals surface area contributed by atoms with E-state index in [1.54, 1.807) is 0 Å². The first kappa shape index (κ1) is 15.1. The molecule has 0 saturated heterocycles. The lowest BCUT2D eigenvalue weighted by molar-refractivity contribution is 0.433. The van der Waals surface area contributed by atoms with Crippen molar-refractivity contribution in [3.8, 4) is 17.2 Å². The molecule has 3 heterocycles. The third-order valence-corrected chi connectivity index (χ3v) is 6.25. The molecule has 0 unspecified atom stereocenters. The maximum atomic E-state index is 6.33. The van der Waals surface area contributed by atoms with Crippen molar-refractivity contribution in [1.82, 2.24) is 9.55 Å². The highest BCUT2D eigenvalue weighted by atomic mass is 16.5. The van der Waals surface area contributed by atoms with Crippen LogP contribution in [-0.2, 0) is 5.41 Å². The van der Waals surface area contributed by atoms with E-state index in [1.165, 1.54) is 11.3 Å². The second-order valence-electron chi connectivity index (χ2n) is 7.62. The lowest BCUT2D eigenvalue weighted by Crippen LogP contribution is -2.33. The first-order valence-corrected chi connectivity index (χ1v) is 9.84. The molecule has 7 rings (SSSR count). The normalized spacial score (nSPS) is 14.8. The topological polar surface area (TPSA) is 27.1 Å². The molecule has 3 heteroatoms. The van der Waals surface area contributed by atoms with Crippen LogP contribution in [0.3, 0.4) is 0 Å². The van der Waals surface area contributed by atoms with E-state index in [1.807, 2.05) is 12.1 Å². The molecule has 3 nitrogen and oxygen atoms in total. The summed E-state index contributed by atoms with van der Waals surface area (Å²) in [5, 5.41) is 0. The molecule has 0 saturated carbocycles. The van der Waals surface area contributed by atoms with Crippen molar-refractivity contribution in [2.45, 2.75) is 5.41 Å². The fraction of sp³-hybridized carbons (Fsp3) is 0.0385. The van der Waals surface area contributed by atoms with Gasteiger partial charge in [-0.05, 0) is 35.9 Å². The predicted octanol–water partition coefficient (Wildman–Crippen LogP) is 5.83. The van der Waals surface area contributed by atoms with Gasteiger partial charge in [0, 0.05) is 11.1 Å². The molecule has 136 valence electrons. The van der Waals surface area contributed by atoms with Gasteiger partial charge in [-0.3, -0.25) is 4.57 Å². The average molecular weight is 372 g/mol. The summed E-state index contributed by atoms with van der Waals surface area (Å²) >= 11 is 0. The van der Waals surface area contributed by atoms with Gasteiger partial charge in [-0.2, -0.15) is 0 Å². The van der Waals surface area contributed by atoms with Gasteiger partial charge in [0.25, 0.3) is 0 Å². The standard InChI is InChI=1S/C26H16N2O/c1-5-13-21-17(9-1)26(25-27-20-12-4-6-14-22(20)28(21)25)18-10-2-7-15-23(18)29-24-16-8-3-11-19(24)26/h1-16H. The van der Waals surface area contributed by atoms with Gasteiger partial charge in [0.1, 0.15) is 22.7 Å². The van der Waals surface area contributed by atoms with E-state index in [2.05, 4.69) is 89.5 Å². The van der Waals surface area contributed by atoms with Gasteiger partial charge in [0.05, 0.1) is 16.7 Å². The monoisotopic (exact) mass is 372 g/mol. The molecule has 5 aromatic rings. The maximum Gasteiger partial charge on any atom is 0.134 e. The highest BCUT2D eigenvalue weighted by Gasteiger charge is 2.53. The van der Waals surface area contributed by atoms with Crippen molar-refractivity contribution in [3.05, 3.63) is 120 Å². The summed E-state index contributed by atoms with van der Waals surface area (Å²) in [7, 11) is 0. The number of fused-ring (bicyclic) bond motifs is 11. The Balaban J connectivity index is 1.75. The Morgan fingerprint density at radius 1 is 0.621 bits per heavy atom. The number of benzene rings is 4. The molecular formula is C26H16N2O. The fourth-order valence-electron chi connectivity index (χ4n) is 5.15. The minimum atomic E-state index is -0.499. The second kappa shape index (κ2) is 5.15. The van der Waals surface area contributed by atoms with Crippen molar-refractivity contribution in [1.29, 1.82) is 0 Å². The van der Waals surface area contributed by atoms with E-state index in [-0.39, 0.29) is 0 Å². The van der Waals surface area contributed by atoms with Crippen LogP contribution in [0.5, 0.6) is 11.5 Å². The zero-order valence-corrected chi connectivity index (χ0v) is 15.5. The van der Waals surface area contributed by atoms with E-state index < -0.39 is 5.41 Å². The summed E-state index contributed by atoms with van der Waals surface area (Å²) in [6.07, 6.45) is 0. The van der Waals surface area contributed by atoms with Crippen LogP contribution in [0.15, 0.2) is 97.1 Å². The van der Waals surface area contributed by atoms with Crippen LogP contribution in [0.4, 0.5) is 0 Å². The molecule has 0 bridgehead atoms. The van der Waals surface area contributed by atoms with Crippen LogP contribution >= 0.6 is 0 Å². The van der Waals surface area contributed by atoms with Crippen molar-refractivity contribution < 1.29 is 4.74 Å². The Morgan fingerprint density at radius 2 is 1.21 bits per heavy atom. The molecule has 0 amide bonds. The van der Waals surface area contributed by atoms with Gasteiger partial charge in [-0.1, -0.05) is 66.7 Å². The number of para-hydroxylation sites is 5. The molecule has 1 aromatic heterocycles. The Kier molecular flexibility index (Phi) is 2.68. The zero-order valence-electron chi connectivity index (χ0n) is 15.5. The molecule has 0 fully saturated rings. The van der Waals surface area contributed by atoms with Gasteiger partial charge in [0.2, 0.25) is 0 Å². The molecule has 2 aliphatic heterocycles. The largest absolute Gasteiger partial charge is 0.457 e. The Morgan fingerprint density at radius 3 is 1.97 bits per heavy atom. The fourth-order valence-corrected chi connectivity index (χ4v) is 5.15. The summed E-state index contributed by atoms with van der Waals surface area (Å²) in [4.78, 5) is 5.19. The molecule has 0 N–H and O–H groups in total. The van der Waals surface area contributed by atoms with Crippen molar-refractivity contribution in [2.24, 2.45) is 0 Å². The maximum absolute atomic E-state index is 6.33. The number of nitrogens with zero attached hydrogens (tertiary/aromatic N) is 2. The van der Waals surface area contributed by atoms with E-state index in [9.17, 15) is 0 Å². The predicted molar refractivity (Wildman–Crippen MR) is 113 cm³/mol. The number of hydrogen-bond acceptors (Lipinski definition) is 2. The summed E-state index contributed by atoms with van der Waals surface area (Å²) < 4.78 is 8.65. The third kappa shape index (κ3) is 1.67. The lowest BCUT2D eigenvalue weighted by Gasteiger charge is -2.37. The van der Waals surface area contributed by atoms with Crippen LogP contribution in [0.1, 0.15) is 22.5 Å². The first-order chi connectivity index (χ1) is 14.4. The van der Waals surface area contributed by atoms with E-state index >= 15 is 0 Å². The number of aromatic nitrogens is 2. The summed E-state index contributed by atoms with van der Waals surface area (Å²) in [5.74, 6) is 2.81. The van der Waals surface area contributed by atoms with E-state index in [4.69, 9.17) is 9.72 Å². The van der Waals surface area contributed by atoms with Gasteiger partial charge >= 0.3 is 0 Å². The van der Waals surface area contributed by atoms with Gasteiger partial charge in [-0.15, -0.1) is 0 Å². The SMILES string of the molecule is c1ccc2c(c1)Oc1ccccc1C21c2ccccc2-n2c1nc1ccccc12. The second-order valence-corrected chi connectivity index (χ2v) is 7.62. The van der Waals surface area contributed by atoms with Gasteiger partial charge in [0.15, 0.2) is 0 Å².